The number of pyridine rings is 1. The molecular weight excluding hydrogens is 377 g/mol. The van der Waals surface area contributed by atoms with Gasteiger partial charge in [-0.15, -0.1) is 0 Å². The smallest absolute Gasteiger partial charge is 0.381 e. The van der Waals surface area contributed by atoms with Crippen LogP contribution in [-0.4, -0.2) is 28.4 Å². The lowest BCUT2D eigenvalue weighted by atomic mass is 9.75. The lowest BCUT2D eigenvalue weighted by molar-refractivity contribution is -0.260. The highest BCUT2D eigenvalue weighted by Crippen LogP contribution is 2.41. The summed E-state index contributed by atoms with van der Waals surface area (Å²) in [6.07, 6.45) is -5.26. The van der Waals surface area contributed by atoms with Crippen LogP contribution in [0.1, 0.15) is 31.5 Å². The third kappa shape index (κ3) is 4.53. The number of rotatable bonds is 6. The molecule has 0 aliphatic carbocycles. The van der Waals surface area contributed by atoms with Gasteiger partial charge in [0.15, 0.2) is 5.60 Å². The van der Waals surface area contributed by atoms with E-state index in [1.54, 1.807) is 50.2 Å². The Hall–Kier alpha value is -2.60. The van der Waals surface area contributed by atoms with Crippen LogP contribution in [0.5, 0.6) is 0 Å². The van der Waals surface area contributed by atoms with E-state index < -0.39 is 30.2 Å². The van der Waals surface area contributed by atoms with E-state index >= 15 is 0 Å². The van der Waals surface area contributed by atoms with Crippen molar-refractivity contribution in [3.63, 3.8) is 0 Å². The monoisotopic (exact) mass is 402 g/mol. The predicted octanol–water partition coefficient (Wildman–Crippen LogP) is 5.62. The summed E-state index contributed by atoms with van der Waals surface area (Å²) in [6, 6.07) is 17.8. The summed E-state index contributed by atoms with van der Waals surface area (Å²) in [6.45, 7) is 4.63. The van der Waals surface area contributed by atoms with Crippen molar-refractivity contribution in [2.24, 2.45) is 0 Å². The van der Waals surface area contributed by atoms with Gasteiger partial charge in [-0.1, -0.05) is 50.2 Å². The number of anilines is 1. The number of alkyl halides is 3. The molecule has 1 aromatic heterocycles. The average molecular weight is 402 g/mol. The molecule has 0 aliphatic heterocycles. The molecule has 0 amide bonds. The second-order valence-corrected chi connectivity index (χ2v) is 8.13. The maximum atomic E-state index is 13.9. The minimum atomic E-state index is -4.79. The largest absolute Gasteiger partial charge is 0.418 e. The van der Waals surface area contributed by atoms with Crippen molar-refractivity contribution < 1.29 is 18.3 Å². The summed E-state index contributed by atoms with van der Waals surface area (Å²) >= 11 is 0. The molecule has 1 heterocycles. The number of halogens is 3. The SMILES string of the molecule is Cc1ccc2c(NCC(O)(CC(C)(C)c3ccccc3)C(F)(F)F)cccc2n1. The number of hydrogen-bond acceptors (Lipinski definition) is 3. The third-order valence-corrected chi connectivity index (χ3v) is 5.26. The van der Waals surface area contributed by atoms with Crippen LogP contribution in [0.15, 0.2) is 60.7 Å². The molecule has 154 valence electrons. The van der Waals surface area contributed by atoms with Gasteiger partial charge in [-0.05, 0) is 48.6 Å². The Morgan fingerprint density at radius 3 is 2.28 bits per heavy atom. The number of hydrogen-bond donors (Lipinski definition) is 2. The second-order valence-electron chi connectivity index (χ2n) is 8.13. The maximum Gasteiger partial charge on any atom is 0.418 e. The van der Waals surface area contributed by atoms with Crippen LogP contribution >= 0.6 is 0 Å². The highest BCUT2D eigenvalue weighted by atomic mass is 19.4. The molecule has 0 saturated carbocycles. The first-order chi connectivity index (χ1) is 13.5. The van der Waals surface area contributed by atoms with Crippen LogP contribution in [0.25, 0.3) is 10.9 Å². The Kier molecular flexibility index (Phi) is 5.59. The average Bonchev–Trinajstić information content (AvgIpc) is 2.65. The van der Waals surface area contributed by atoms with E-state index in [1.165, 1.54) is 0 Å². The van der Waals surface area contributed by atoms with Crippen molar-refractivity contribution in [1.82, 2.24) is 4.98 Å². The lowest BCUT2D eigenvalue weighted by Gasteiger charge is -2.38. The first-order valence-electron chi connectivity index (χ1n) is 9.47. The van der Waals surface area contributed by atoms with E-state index in [4.69, 9.17) is 0 Å². The van der Waals surface area contributed by atoms with E-state index in [0.29, 0.717) is 16.6 Å². The molecule has 29 heavy (non-hydrogen) atoms. The van der Waals surface area contributed by atoms with Crippen LogP contribution in [0.3, 0.4) is 0 Å². The Morgan fingerprint density at radius 1 is 0.931 bits per heavy atom. The zero-order valence-electron chi connectivity index (χ0n) is 16.7. The summed E-state index contributed by atoms with van der Waals surface area (Å²) in [7, 11) is 0. The fourth-order valence-electron chi connectivity index (χ4n) is 3.64. The van der Waals surface area contributed by atoms with E-state index in [9.17, 15) is 18.3 Å². The molecule has 1 unspecified atom stereocenters. The Bertz CT molecular complexity index is 986. The van der Waals surface area contributed by atoms with Gasteiger partial charge in [-0.2, -0.15) is 13.2 Å². The Labute approximate surface area is 168 Å². The van der Waals surface area contributed by atoms with Gasteiger partial charge in [0, 0.05) is 16.8 Å². The summed E-state index contributed by atoms with van der Waals surface area (Å²) < 4.78 is 41.8. The number of benzene rings is 2. The van der Waals surface area contributed by atoms with Crippen molar-refractivity contribution in [2.75, 3.05) is 11.9 Å². The van der Waals surface area contributed by atoms with Crippen molar-refractivity contribution in [3.8, 4) is 0 Å². The van der Waals surface area contributed by atoms with Gasteiger partial charge < -0.3 is 10.4 Å². The van der Waals surface area contributed by atoms with E-state index in [1.807, 2.05) is 31.2 Å². The molecule has 6 heteroatoms. The van der Waals surface area contributed by atoms with E-state index in [-0.39, 0.29) is 0 Å². The van der Waals surface area contributed by atoms with Gasteiger partial charge in [-0.3, -0.25) is 4.98 Å². The standard InChI is InChI=1S/C23H25F3N2O/c1-16-12-13-18-19(10-7-11-20(18)28-16)27-15-22(29,23(24,25)26)14-21(2,3)17-8-5-4-6-9-17/h4-13,27,29H,14-15H2,1-3H3. The third-order valence-electron chi connectivity index (χ3n) is 5.26. The number of nitrogens with one attached hydrogen (secondary N) is 1. The molecule has 0 radical (unpaired) electrons. The molecule has 0 saturated heterocycles. The molecular formula is C23H25F3N2O. The van der Waals surface area contributed by atoms with Crippen LogP contribution < -0.4 is 5.32 Å². The molecule has 0 fully saturated rings. The van der Waals surface area contributed by atoms with Gasteiger partial charge in [0.25, 0.3) is 0 Å². The van der Waals surface area contributed by atoms with E-state index in [2.05, 4.69) is 10.3 Å². The van der Waals surface area contributed by atoms with Gasteiger partial charge in [0.05, 0.1) is 12.1 Å². The molecule has 2 N–H and O–H groups in total. The van der Waals surface area contributed by atoms with Crippen LogP contribution in [-0.2, 0) is 5.41 Å². The molecule has 0 aliphatic rings. The molecule has 2 aromatic carbocycles. The molecule has 3 rings (SSSR count). The van der Waals surface area contributed by atoms with Crippen LogP contribution in [0.2, 0.25) is 0 Å². The Morgan fingerprint density at radius 2 is 1.62 bits per heavy atom. The van der Waals surface area contributed by atoms with Crippen molar-refractivity contribution in [1.29, 1.82) is 0 Å². The van der Waals surface area contributed by atoms with Gasteiger partial charge >= 0.3 is 6.18 Å². The normalized spacial score (nSPS) is 14.6. The minimum absolute atomic E-state index is 0.470. The van der Waals surface area contributed by atoms with Crippen molar-refractivity contribution in [3.05, 3.63) is 71.9 Å². The minimum Gasteiger partial charge on any atom is -0.381 e. The van der Waals surface area contributed by atoms with Crippen LogP contribution in [0.4, 0.5) is 18.9 Å². The molecule has 3 nitrogen and oxygen atoms in total. The fourth-order valence-corrected chi connectivity index (χ4v) is 3.64. The fraction of sp³-hybridized carbons (Fsp3) is 0.348. The maximum absolute atomic E-state index is 13.9. The van der Waals surface area contributed by atoms with Crippen LogP contribution in [0, 0.1) is 6.92 Å². The number of nitrogens with zero attached hydrogens (tertiary/aromatic N) is 1. The van der Waals surface area contributed by atoms with Gasteiger partial charge in [0.2, 0.25) is 0 Å². The Balaban J connectivity index is 1.89. The lowest BCUT2D eigenvalue weighted by Crippen LogP contribution is -2.53. The molecule has 0 bridgehead atoms. The zero-order chi connectivity index (χ0) is 21.3. The quantitative estimate of drug-likeness (QED) is 0.563. The summed E-state index contributed by atoms with van der Waals surface area (Å²) in [5, 5.41) is 14.3. The van der Waals surface area contributed by atoms with Crippen molar-refractivity contribution in [2.45, 2.75) is 44.4 Å². The van der Waals surface area contributed by atoms with Gasteiger partial charge in [-0.25, -0.2) is 0 Å². The highest BCUT2D eigenvalue weighted by Gasteiger charge is 2.55. The number of fused-ring (bicyclic) bond motifs is 1. The molecule has 1 atom stereocenters. The zero-order valence-corrected chi connectivity index (χ0v) is 16.7. The highest BCUT2D eigenvalue weighted by molar-refractivity contribution is 5.91. The van der Waals surface area contributed by atoms with E-state index in [0.717, 1.165) is 11.3 Å². The summed E-state index contributed by atoms with van der Waals surface area (Å²) in [5.41, 5.74) is -0.999. The number of aryl methyl sites for hydroxylation is 1. The predicted molar refractivity (Wildman–Crippen MR) is 110 cm³/mol. The topological polar surface area (TPSA) is 45.1 Å². The number of aromatic nitrogens is 1. The van der Waals surface area contributed by atoms with Gasteiger partial charge in [0.1, 0.15) is 0 Å². The second kappa shape index (κ2) is 7.67. The first kappa shape index (κ1) is 21.1. The first-order valence-corrected chi connectivity index (χ1v) is 9.47. The summed E-state index contributed by atoms with van der Waals surface area (Å²) in [4.78, 5) is 4.40. The number of aliphatic hydroxyl groups is 1. The molecule has 0 spiro atoms. The summed E-state index contributed by atoms with van der Waals surface area (Å²) in [5.74, 6) is 0. The molecule has 3 aromatic rings. The van der Waals surface area contributed by atoms with Crippen molar-refractivity contribution >= 4 is 16.6 Å².